The number of non-ortho nitro benzene ring substituents is 1. The summed E-state index contributed by atoms with van der Waals surface area (Å²) in [4.78, 5) is 10.4. The first-order valence-corrected chi connectivity index (χ1v) is 6.18. The Bertz CT molecular complexity index is 444. The van der Waals surface area contributed by atoms with E-state index in [4.69, 9.17) is 10.5 Å². The smallest absolute Gasteiger partial charge is 0.269 e. The Labute approximate surface area is 106 Å². The highest BCUT2D eigenvalue weighted by molar-refractivity contribution is 5.43. The maximum atomic E-state index is 10.7. The topological polar surface area (TPSA) is 78.4 Å². The molecule has 5 heteroatoms. The van der Waals surface area contributed by atoms with Crippen molar-refractivity contribution in [3.63, 3.8) is 0 Å². The summed E-state index contributed by atoms with van der Waals surface area (Å²) in [5.74, 6) is 1.35. The van der Waals surface area contributed by atoms with Gasteiger partial charge in [-0.15, -0.1) is 0 Å². The number of methoxy groups -OCH3 is 1. The molecule has 5 nitrogen and oxygen atoms in total. The molecule has 1 atom stereocenters. The van der Waals surface area contributed by atoms with Gasteiger partial charge in [-0.1, -0.05) is 0 Å². The van der Waals surface area contributed by atoms with Gasteiger partial charge in [0.2, 0.25) is 0 Å². The zero-order chi connectivity index (χ0) is 13.1. The van der Waals surface area contributed by atoms with Crippen molar-refractivity contribution in [2.45, 2.75) is 31.7 Å². The van der Waals surface area contributed by atoms with Gasteiger partial charge in [0, 0.05) is 23.7 Å². The number of hydrogen-bond donors (Lipinski definition) is 1. The number of aryl methyl sites for hydroxylation is 1. The molecule has 0 heterocycles. The van der Waals surface area contributed by atoms with Crippen molar-refractivity contribution in [3.8, 4) is 5.75 Å². The Kier molecular flexibility index (Phi) is 3.81. The van der Waals surface area contributed by atoms with Gasteiger partial charge in [-0.2, -0.15) is 0 Å². The van der Waals surface area contributed by atoms with Crippen LogP contribution in [0.2, 0.25) is 0 Å². The van der Waals surface area contributed by atoms with Gasteiger partial charge in [0.15, 0.2) is 0 Å². The Morgan fingerprint density at radius 1 is 1.56 bits per heavy atom. The van der Waals surface area contributed by atoms with Crippen molar-refractivity contribution in [1.82, 2.24) is 0 Å². The average Bonchev–Trinajstić information content (AvgIpc) is 3.19. The van der Waals surface area contributed by atoms with Crippen LogP contribution in [0.3, 0.4) is 0 Å². The van der Waals surface area contributed by atoms with E-state index >= 15 is 0 Å². The first-order valence-electron chi connectivity index (χ1n) is 6.18. The number of benzene rings is 1. The number of hydrogen-bond acceptors (Lipinski definition) is 4. The summed E-state index contributed by atoms with van der Waals surface area (Å²) in [6.07, 6.45) is 4.01. The Hall–Kier alpha value is -1.62. The van der Waals surface area contributed by atoms with Crippen molar-refractivity contribution in [2.24, 2.45) is 11.7 Å². The first-order chi connectivity index (χ1) is 8.61. The fourth-order valence-electron chi connectivity index (χ4n) is 2.16. The predicted octanol–water partition coefficient (Wildman–Crippen LogP) is 2.27. The first kappa shape index (κ1) is 12.8. The van der Waals surface area contributed by atoms with Gasteiger partial charge in [0.1, 0.15) is 5.75 Å². The fraction of sp³-hybridized carbons (Fsp3) is 0.538. The highest BCUT2D eigenvalue weighted by atomic mass is 16.6. The number of nitro benzene ring substituents is 1. The van der Waals surface area contributed by atoms with Crippen LogP contribution in [-0.4, -0.2) is 18.1 Å². The zero-order valence-corrected chi connectivity index (χ0v) is 10.5. The molecule has 0 bridgehead atoms. The lowest BCUT2D eigenvalue weighted by atomic mass is 10.0. The minimum Gasteiger partial charge on any atom is -0.496 e. The summed E-state index contributed by atoms with van der Waals surface area (Å²) in [5, 5.41) is 10.7. The van der Waals surface area contributed by atoms with E-state index in [0.717, 1.165) is 18.4 Å². The maximum Gasteiger partial charge on any atom is 0.269 e. The lowest BCUT2D eigenvalue weighted by Gasteiger charge is -2.12. The summed E-state index contributed by atoms with van der Waals surface area (Å²) in [6, 6.07) is 4.89. The summed E-state index contributed by atoms with van der Waals surface area (Å²) in [5.41, 5.74) is 7.01. The van der Waals surface area contributed by atoms with Gasteiger partial charge in [-0.25, -0.2) is 0 Å². The molecule has 2 rings (SSSR count). The van der Waals surface area contributed by atoms with Crippen molar-refractivity contribution in [1.29, 1.82) is 0 Å². The van der Waals surface area contributed by atoms with Crippen molar-refractivity contribution < 1.29 is 9.66 Å². The summed E-state index contributed by atoms with van der Waals surface area (Å²) in [7, 11) is 1.57. The molecule has 0 spiro atoms. The monoisotopic (exact) mass is 250 g/mol. The molecular weight excluding hydrogens is 232 g/mol. The third-order valence-corrected chi connectivity index (χ3v) is 3.45. The summed E-state index contributed by atoms with van der Waals surface area (Å²) in [6.45, 7) is 0. The molecule has 1 fully saturated rings. The lowest BCUT2D eigenvalue weighted by molar-refractivity contribution is -0.384. The van der Waals surface area contributed by atoms with E-state index in [1.54, 1.807) is 19.2 Å². The highest BCUT2D eigenvalue weighted by Gasteiger charge is 2.28. The predicted molar refractivity (Wildman–Crippen MR) is 68.7 cm³/mol. The molecule has 0 radical (unpaired) electrons. The summed E-state index contributed by atoms with van der Waals surface area (Å²) < 4.78 is 5.23. The van der Waals surface area contributed by atoms with Crippen molar-refractivity contribution >= 4 is 5.69 Å². The van der Waals surface area contributed by atoms with Crippen LogP contribution in [0, 0.1) is 16.0 Å². The number of rotatable bonds is 6. The van der Waals surface area contributed by atoms with Crippen LogP contribution in [-0.2, 0) is 6.42 Å². The minimum absolute atomic E-state index is 0.103. The van der Waals surface area contributed by atoms with Gasteiger partial charge in [0.05, 0.1) is 12.0 Å². The van der Waals surface area contributed by atoms with Crippen LogP contribution in [0.1, 0.15) is 24.8 Å². The molecule has 1 unspecified atom stereocenters. The molecule has 0 aliphatic heterocycles. The van der Waals surface area contributed by atoms with Crippen LogP contribution in [0.4, 0.5) is 5.69 Å². The zero-order valence-electron chi connectivity index (χ0n) is 10.5. The second-order valence-electron chi connectivity index (χ2n) is 4.79. The standard InChI is InChI=1S/C13H18N2O3/c1-18-13-7-5-11(15(16)17)8-10(13)4-6-12(14)9-2-3-9/h5,7-9,12H,2-4,6,14H2,1H3. The van der Waals surface area contributed by atoms with Crippen LogP contribution < -0.4 is 10.5 Å². The number of ether oxygens (including phenoxy) is 1. The molecular formula is C13H18N2O3. The number of nitrogens with zero attached hydrogens (tertiary/aromatic N) is 1. The molecule has 2 N–H and O–H groups in total. The van der Waals surface area contributed by atoms with Crippen molar-refractivity contribution in [3.05, 3.63) is 33.9 Å². The van der Waals surface area contributed by atoms with Gasteiger partial charge in [0.25, 0.3) is 5.69 Å². The third-order valence-electron chi connectivity index (χ3n) is 3.45. The molecule has 18 heavy (non-hydrogen) atoms. The Balaban J connectivity index is 2.07. The summed E-state index contributed by atoms with van der Waals surface area (Å²) >= 11 is 0. The molecule has 0 amide bonds. The Morgan fingerprint density at radius 3 is 2.83 bits per heavy atom. The molecule has 1 aliphatic carbocycles. The van der Waals surface area contributed by atoms with E-state index in [2.05, 4.69) is 0 Å². The van der Waals surface area contributed by atoms with E-state index < -0.39 is 0 Å². The molecule has 98 valence electrons. The highest BCUT2D eigenvalue weighted by Crippen LogP contribution is 2.34. The maximum absolute atomic E-state index is 10.7. The average molecular weight is 250 g/mol. The van der Waals surface area contributed by atoms with Crippen LogP contribution in [0.15, 0.2) is 18.2 Å². The van der Waals surface area contributed by atoms with E-state index in [9.17, 15) is 10.1 Å². The van der Waals surface area contributed by atoms with E-state index in [0.29, 0.717) is 11.7 Å². The minimum atomic E-state index is -0.385. The van der Waals surface area contributed by atoms with E-state index in [1.807, 2.05) is 0 Å². The number of nitrogens with two attached hydrogens (primary N) is 1. The molecule has 1 saturated carbocycles. The van der Waals surface area contributed by atoms with Gasteiger partial charge in [-0.3, -0.25) is 10.1 Å². The molecule has 0 saturated heterocycles. The molecule has 1 aliphatic rings. The second-order valence-corrected chi connectivity index (χ2v) is 4.79. The molecule has 1 aromatic rings. The van der Waals surface area contributed by atoms with Gasteiger partial charge < -0.3 is 10.5 Å². The molecule has 0 aromatic heterocycles. The normalized spacial score (nSPS) is 16.3. The van der Waals surface area contributed by atoms with Crippen LogP contribution in [0.25, 0.3) is 0 Å². The van der Waals surface area contributed by atoms with E-state index in [1.165, 1.54) is 18.9 Å². The van der Waals surface area contributed by atoms with Gasteiger partial charge in [-0.05, 0) is 37.7 Å². The lowest BCUT2D eigenvalue weighted by Crippen LogP contribution is -2.22. The molecule has 1 aromatic carbocycles. The third kappa shape index (κ3) is 2.98. The SMILES string of the molecule is COc1ccc([N+](=O)[O-])cc1CCC(N)C1CC1. The van der Waals surface area contributed by atoms with E-state index in [-0.39, 0.29) is 16.7 Å². The quantitative estimate of drug-likeness (QED) is 0.620. The fourth-order valence-corrected chi connectivity index (χ4v) is 2.16. The Morgan fingerprint density at radius 2 is 2.28 bits per heavy atom. The number of nitro groups is 1. The van der Waals surface area contributed by atoms with Gasteiger partial charge >= 0.3 is 0 Å². The largest absolute Gasteiger partial charge is 0.496 e. The van der Waals surface area contributed by atoms with Crippen molar-refractivity contribution in [2.75, 3.05) is 7.11 Å². The van der Waals surface area contributed by atoms with Crippen LogP contribution in [0.5, 0.6) is 5.75 Å². The van der Waals surface area contributed by atoms with Crippen LogP contribution >= 0.6 is 0 Å². The second kappa shape index (κ2) is 5.35.